The number of ether oxygens (including phenoxy) is 1. The molecular formula is C28H29ClN4O3. The van der Waals surface area contributed by atoms with E-state index in [-0.39, 0.29) is 11.5 Å². The predicted molar refractivity (Wildman–Crippen MR) is 142 cm³/mol. The molecule has 8 heteroatoms. The Labute approximate surface area is 214 Å². The molecule has 1 fully saturated rings. The van der Waals surface area contributed by atoms with Crippen LogP contribution in [0.5, 0.6) is 0 Å². The average Bonchev–Trinajstić information content (AvgIpc) is 3.37. The molecule has 186 valence electrons. The summed E-state index contributed by atoms with van der Waals surface area (Å²) in [5.74, 6) is 0.605. The van der Waals surface area contributed by atoms with Crippen molar-refractivity contribution >= 4 is 23.3 Å². The minimum Gasteiger partial charge on any atom is -0.378 e. The topological polar surface area (TPSA) is 68.8 Å². The van der Waals surface area contributed by atoms with Crippen LogP contribution in [-0.2, 0) is 11.3 Å². The molecule has 1 aliphatic heterocycles. The van der Waals surface area contributed by atoms with Gasteiger partial charge in [0.25, 0.3) is 11.5 Å². The minimum absolute atomic E-state index is 0.00139. The van der Waals surface area contributed by atoms with Crippen molar-refractivity contribution in [3.8, 4) is 22.5 Å². The number of aromatic nitrogens is 3. The fraction of sp³-hybridized carbons (Fsp3) is 0.321. The number of imidazole rings is 1. The van der Waals surface area contributed by atoms with Crippen molar-refractivity contribution in [3.05, 3.63) is 81.7 Å². The van der Waals surface area contributed by atoms with Gasteiger partial charge in [-0.25, -0.2) is 4.98 Å². The van der Waals surface area contributed by atoms with E-state index in [1.165, 1.54) is 0 Å². The lowest BCUT2D eigenvalue weighted by Gasteiger charge is -2.27. The van der Waals surface area contributed by atoms with Crippen LogP contribution in [0.3, 0.4) is 0 Å². The molecule has 0 aliphatic carbocycles. The first-order valence-corrected chi connectivity index (χ1v) is 12.8. The maximum atomic E-state index is 13.2. The molecule has 0 saturated carbocycles. The average molecular weight is 505 g/mol. The van der Waals surface area contributed by atoms with Gasteiger partial charge < -0.3 is 14.2 Å². The molecule has 0 unspecified atom stereocenters. The van der Waals surface area contributed by atoms with E-state index in [1.807, 2.05) is 53.4 Å². The molecule has 0 spiro atoms. The number of carbonyl (C=O) groups excluding carboxylic acids is 1. The largest absolute Gasteiger partial charge is 0.378 e. The first-order valence-electron chi connectivity index (χ1n) is 12.4. The molecule has 7 nitrogen and oxygen atoms in total. The third-order valence-electron chi connectivity index (χ3n) is 6.57. The third kappa shape index (κ3) is 4.94. The smallest absolute Gasteiger partial charge is 0.259 e. The summed E-state index contributed by atoms with van der Waals surface area (Å²) < 4.78 is 9.07. The number of unbranched alkanes of at least 4 members (excludes halogenated alkanes) is 2. The van der Waals surface area contributed by atoms with Crippen LogP contribution in [0.4, 0.5) is 0 Å². The van der Waals surface area contributed by atoms with E-state index in [9.17, 15) is 9.59 Å². The van der Waals surface area contributed by atoms with Crippen LogP contribution >= 0.6 is 11.6 Å². The van der Waals surface area contributed by atoms with E-state index in [2.05, 4.69) is 11.5 Å². The molecule has 2 aromatic heterocycles. The van der Waals surface area contributed by atoms with E-state index in [0.29, 0.717) is 42.7 Å². The first kappa shape index (κ1) is 24.3. The van der Waals surface area contributed by atoms with Crippen LogP contribution in [0.25, 0.3) is 28.3 Å². The Kier molecular flexibility index (Phi) is 7.20. The Balaban J connectivity index is 1.55. The van der Waals surface area contributed by atoms with Crippen LogP contribution in [0.2, 0.25) is 5.02 Å². The summed E-state index contributed by atoms with van der Waals surface area (Å²) in [7, 11) is 0. The molecule has 1 aliphatic rings. The van der Waals surface area contributed by atoms with Gasteiger partial charge in [0.05, 0.1) is 24.6 Å². The summed E-state index contributed by atoms with van der Waals surface area (Å²) >= 11 is 6.05. The van der Waals surface area contributed by atoms with Gasteiger partial charge in [0, 0.05) is 48.0 Å². The lowest BCUT2D eigenvalue weighted by molar-refractivity contribution is 0.0303. The van der Waals surface area contributed by atoms with Gasteiger partial charge in [0.2, 0.25) is 5.78 Å². The summed E-state index contributed by atoms with van der Waals surface area (Å²) in [5.41, 5.74) is 3.77. The molecule has 0 N–H and O–H groups in total. The number of benzene rings is 2. The summed E-state index contributed by atoms with van der Waals surface area (Å²) in [6.45, 7) is 5.24. The molecule has 0 atom stereocenters. The van der Waals surface area contributed by atoms with Gasteiger partial charge in [-0.3, -0.25) is 14.0 Å². The molecule has 3 heterocycles. The van der Waals surface area contributed by atoms with Crippen LogP contribution in [-0.4, -0.2) is 51.1 Å². The van der Waals surface area contributed by atoms with E-state index in [0.717, 1.165) is 48.3 Å². The van der Waals surface area contributed by atoms with Gasteiger partial charge in [-0.2, -0.15) is 0 Å². The highest BCUT2D eigenvalue weighted by Gasteiger charge is 2.19. The Hall–Kier alpha value is -3.42. The lowest BCUT2D eigenvalue weighted by Crippen LogP contribution is -2.40. The first-order chi connectivity index (χ1) is 17.5. The summed E-state index contributed by atoms with van der Waals surface area (Å²) in [5, 5.41) is 0.652. The van der Waals surface area contributed by atoms with Crippen LogP contribution in [0, 0.1) is 0 Å². The summed E-state index contributed by atoms with van der Waals surface area (Å²) in [6, 6.07) is 16.6. The monoisotopic (exact) mass is 504 g/mol. The maximum absolute atomic E-state index is 13.2. The van der Waals surface area contributed by atoms with Gasteiger partial charge in [-0.15, -0.1) is 0 Å². The Morgan fingerprint density at radius 3 is 2.39 bits per heavy atom. The quantitative estimate of drug-likeness (QED) is 0.326. The third-order valence-corrected chi connectivity index (χ3v) is 6.82. The highest BCUT2D eigenvalue weighted by Crippen LogP contribution is 2.25. The number of fused-ring (bicyclic) bond motifs is 1. The number of rotatable bonds is 7. The SMILES string of the molecule is CCCCCn1c(-c2ccc(C(=O)N3CCOCC3)cc2)cc(=O)n2cc(-c3ccc(Cl)cc3)nc12. The van der Waals surface area contributed by atoms with Gasteiger partial charge >= 0.3 is 0 Å². The van der Waals surface area contributed by atoms with Crippen LogP contribution in [0.15, 0.2) is 65.6 Å². The van der Waals surface area contributed by atoms with Crippen LogP contribution < -0.4 is 5.56 Å². The fourth-order valence-corrected chi connectivity index (χ4v) is 4.69. The highest BCUT2D eigenvalue weighted by molar-refractivity contribution is 6.30. The molecule has 1 amide bonds. The molecule has 2 aromatic carbocycles. The molecule has 5 rings (SSSR count). The van der Waals surface area contributed by atoms with Crippen LogP contribution in [0.1, 0.15) is 36.5 Å². The zero-order valence-electron chi connectivity index (χ0n) is 20.3. The van der Waals surface area contributed by atoms with Crippen molar-refractivity contribution in [1.29, 1.82) is 0 Å². The Bertz CT molecular complexity index is 1420. The summed E-state index contributed by atoms with van der Waals surface area (Å²) in [4.78, 5) is 32.7. The van der Waals surface area contributed by atoms with Gasteiger partial charge in [-0.05, 0) is 36.2 Å². The minimum atomic E-state index is -0.145. The molecule has 0 radical (unpaired) electrons. The maximum Gasteiger partial charge on any atom is 0.259 e. The second kappa shape index (κ2) is 10.7. The number of aryl methyl sites for hydroxylation is 1. The Morgan fingerprint density at radius 2 is 1.69 bits per heavy atom. The second-order valence-corrected chi connectivity index (χ2v) is 9.45. The normalized spacial score (nSPS) is 13.9. The molecule has 36 heavy (non-hydrogen) atoms. The summed E-state index contributed by atoms with van der Waals surface area (Å²) in [6.07, 6.45) is 4.92. The number of nitrogens with zero attached hydrogens (tertiary/aromatic N) is 4. The molecule has 0 bridgehead atoms. The van der Waals surface area contributed by atoms with Crippen molar-refractivity contribution in [2.24, 2.45) is 0 Å². The van der Waals surface area contributed by atoms with Crippen molar-refractivity contribution < 1.29 is 9.53 Å². The van der Waals surface area contributed by atoms with Gasteiger partial charge in [0.15, 0.2) is 0 Å². The molecular weight excluding hydrogens is 476 g/mol. The van der Waals surface area contributed by atoms with E-state index in [1.54, 1.807) is 16.7 Å². The number of amides is 1. The van der Waals surface area contributed by atoms with E-state index in [4.69, 9.17) is 21.3 Å². The standard InChI is InChI=1S/C28H29ClN4O3/c1-2-3-4-13-32-25(21-5-7-22(8-6-21)27(35)31-14-16-36-17-15-31)18-26(34)33-19-24(30-28(32)33)20-9-11-23(29)12-10-20/h5-12,18-19H,2-4,13-17H2,1H3. The zero-order valence-corrected chi connectivity index (χ0v) is 21.1. The van der Waals surface area contributed by atoms with Crippen molar-refractivity contribution in [2.45, 2.75) is 32.7 Å². The molecule has 1 saturated heterocycles. The molecule has 4 aromatic rings. The zero-order chi connectivity index (χ0) is 25.1. The number of morpholine rings is 1. The number of halogens is 1. The van der Waals surface area contributed by atoms with Gasteiger partial charge in [0.1, 0.15) is 0 Å². The Morgan fingerprint density at radius 1 is 1.00 bits per heavy atom. The van der Waals surface area contributed by atoms with Crippen molar-refractivity contribution in [1.82, 2.24) is 18.9 Å². The number of carbonyl (C=O) groups is 1. The number of hydrogen-bond donors (Lipinski definition) is 0. The van der Waals surface area contributed by atoms with E-state index >= 15 is 0 Å². The number of hydrogen-bond acceptors (Lipinski definition) is 4. The lowest BCUT2D eigenvalue weighted by atomic mass is 10.1. The predicted octanol–water partition coefficient (Wildman–Crippen LogP) is 5.15. The van der Waals surface area contributed by atoms with Crippen molar-refractivity contribution in [2.75, 3.05) is 26.3 Å². The fourth-order valence-electron chi connectivity index (χ4n) is 4.57. The second-order valence-electron chi connectivity index (χ2n) is 9.01. The van der Waals surface area contributed by atoms with E-state index < -0.39 is 0 Å². The van der Waals surface area contributed by atoms with Gasteiger partial charge in [-0.1, -0.05) is 55.6 Å². The highest BCUT2D eigenvalue weighted by atomic mass is 35.5. The van der Waals surface area contributed by atoms with Crippen molar-refractivity contribution in [3.63, 3.8) is 0 Å².